The molecule has 0 atom stereocenters. The van der Waals surface area contributed by atoms with Crippen molar-refractivity contribution < 1.29 is 19.4 Å². The highest BCUT2D eigenvalue weighted by atomic mass is 16.5. The van der Waals surface area contributed by atoms with Gasteiger partial charge >= 0.3 is 5.97 Å². The van der Waals surface area contributed by atoms with Crippen molar-refractivity contribution in [2.75, 3.05) is 13.2 Å². The smallest absolute Gasteiger partial charge is 0.341 e. The molecule has 0 aliphatic rings. The van der Waals surface area contributed by atoms with E-state index in [1.165, 1.54) is 0 Å². The molecule has 0 heterocycles. The molecule has 3 aromatic rings. The van der Waals surface area contributed by atoms with Gasteiger partial charge in [-0.05, 0) is 29.2 Å². The maximum Gasteiger partial charge on any atom is 0.341 e. The zero-order valence-electron chi connectivity index (χ0n) is 16.7. The molecule has 0 radical (unpaired) electrons. The summed E-state index contributed by atoms with van der Waals surface area (Å²) >= 11 is 0. The fourth-order valence-electron chi connectivity index (χ4n) is 3.34. The van der Waals surface area contributed by atoms with Crippen molar-refractivity contribution in [2.45, 2.75) is 18.8 Å². The lowest BCUT2D eigenvalue weighted by atomic mass is 9.91. The van der Waals surface area contributed by atoms with Gasteiger partial charge in [-0.25, -0.2) is 4.79 Å². The number of nitrogens with one attached hydrogen (secondary N) is 1. The van der Waals surface area contributed by atoms with Crippen molar-refractivity contribution in [3.8, 4) is 5.75 Å². The van der Waals surface area contributed by atoms with Crippen LogP contribution in [0.15, 0.2) is 84.9 Å². The van der Waals surface area contributed by atoms with Gasteiger partial charge in [0, 0.05) is 18.9 Å². The molecule has 0 saturated carbocycles. The van der Waals surface area contributed by atoms with Crippen LogP contribution in [0.1, 0.15) is 29.0 Å². The van der Waals surface area contributed by atoms with Crippen LogP contribution in [0.2, 0.25) is 0 Å². The van der Waals surface area contributed by atoms with E-state index in [4.69, 9.17) is 9.84 Å². The number of hydrogen-bond donors (Lipinski definition) is 2. The van der Waals surface area contributed by atoms with E-state index in [2.05, 4.69) is 29.6 Å². The molecule has 5 heteroatoms. The minimum Gasteiger partial charge on any atom is -0.482 e. The van der Waals surface area contributed by atoms with Crippen molar-refractivity contribution in [1.82, 2.24) is 5.32 Å². The third-order valence-electron chi connectivity index (χ3n) is 4.85. The molecule has 0 aliphatic carbocycles. The summed E-state index contributed by atoms with van der Waals surface area (Å²) in [5.74, 6) is -0.517. The van der Waals surface area contributed by atoms with E-state index in [1.807, 2.05) is 48.5 Å². The van der Waals surface area contributed by atoms with Gasteiger partial charge in [0.25, 0.3) is 0 Å². The van der Waals surface area contributed by atoms with Crippen LogP contribution >= 0.6 is 0 Å². The molecule has 0 aromatic heterocycles. The third-order valence-corrected chi connectivity index (χ3v) is 4.85. The Kier molecular flexibility index (Phi) is 7.61. The molecule has 3 aromatic carbocycles. The Balaban J connectivity index is 1.60. The Morgan fingerprint density at radius 2 is 1.40 bits per heavy atom. The number of aryl methyl sites for hydroxylation is 1. The van der Waals surface area contributed by atoms with Crippen LogP contribution in [0.25, 0.3) is 0 Å². The summed E-state index contributed by atoms with van der Waals surface area (Å²) in [5, 5.41) is 11.9. The first-order chi connectivity index (χ1) is 14.6. The molecular weight excluding hydrogens is 378 g/mol. The first-order valence-corrected chi connectivity index (χ1v) is 9.92. The first-order valence-electron chi connectivity index (χ1n) is 9.92. The highest BCUT2D eigenvalue weighted by Crippen LogP contribution is 2.24. The molecule has 30 heavy (non-hydrogen) atoms. The second kappa shape index (κ2) is 10.8. The number of amides is 1. The van der Waals surface area contributed by atoms with Crippen LogP contribution in [0.3, 0.4) is 0 Å². The summed E-state index contributed by atoms with van der Waals surface area (Å²) in [4.78, 5) is 23.3. The SMILES string of the molecule is O=C(O)COc1ccccc1CCC(=O)NCC(c1ccccc1)c1ccccc1. The molecule has 0 unspecified atom stereocenters. The summed E-state index contributed by atoms with van der Waals surface area (Å²) < 4.78 is 5.31. The van der Waals surface area contributed by atoms with Crippen LogP contribution in [-0.2, 0) is 16.0 Å². The monoisotopic (exact) mass is 403 g/mol. The highest BCUT2D eigenvalue weighted by Gasteiger charge is 2.15. The van der Waals surface area contributed by atoms with E-state index in [0.29, 0.717) is 25.1 Å². The van der Waals surface area contributed by atoms with E-state index < -0.39 is 12.6 Å². The molecule has 154 valence electrons. The molecule has 0 bridgehead atoms. The normalized spacial score (nSPS) is 10.6. The van der Waals surface area contributed by atoms with Gasteiger partial charge in [0.15, 0.2) is 6.61 Å². The van der Waals surface area contributed by atoms with E-state index >= 15 is 0 Å². The van der Waals surface area contributed by atoms with Crippen molar-refractivity contribution in [1.29, 1.82) is 0 Å². The third kappa shape index (κ3) is 6.21. The largest absolute Gasteiger partial charge is 0.482 e. The number of ether oxygens (including phenoxy) is 1. The average molecular weight is 403 g/mol. The van der Waals surface area contributed by atoms with Crippen molar-refractivity contribution in [2.24, 2.45) is 0 Å². The quantitative estimate of drug-likeness (QED) is 0.536. The Labute approximate surface area is 176 Å². The zero-order valence-corrected chi connectivity index (χ0v) is 16.7. The first kappa shape index (κ1) is 21.1. The summed E-state index contributed by atoms with van der Waals surface area (Å²) in [6, 6.07) is 27.4. The molecule has 1 amide bonds. The number of benzene rings is 3. The molecule has 2 N–H and O–H groups in total. The maximum atomic E-state index is 12.5. The van der Waals surface area contributed by atoms with Gasteiger partial charge in [0.05, 0.1) is 0 Å². The summed E-state index contributed by atoms with van der Waals surface area (Å²) in [6.07, 6.45) is 0.771. The highest BCUT2D eigenvalue weighted by molar-refractivity contribution is 5.76. The average Bonchev–Trinajstić information content (AvgIpc) is 2.78. The second-order valence-electron chi connectivity index (χ2n) is 6.97. The topological polar surface area (TPSA) is 75.6 Å². The van der Waals surface area contributed by atoms with Crippen molar-refractivity contribution >= 4 is 11.9 Å². The molecule has 0 spiro atoms. The molecule has 0 saturated heterocycles. The van der Waals surface area contributed by atoms with Crippen LogP contribution in [0.5, 0.6) is 5.75 Å². The number of para-hydroxylation sites is 1. The Bertz CT molecular complexity index is 918. The Morgan fingerprint density at radius 3 is 2.00 bits per heavy atom. The number of carbonyl (C=O) groups is 2. The fourth-order valence-corrected chi connectivity index (χ4v) is 3.34. The van der Waals surface area contributed by atoms with Crippen LogP contribution in [-0.4, -0.2) is 30.1 Å². The van der Waals surface area contributed by atoms with E-state index in [1.54, 1.807) is 12.1 Å². The lowest BCUT2D eigenvalue weighted by Crippen LogP contribution is -2.29. The lowest BCUT2D eigenvalue weighted by molar-refractivity contribution is -0.139. The van der Waals surface area contributed by atoms with E-state index in [0.717, 1.165) is 16.7 Å². The summed E-state index contributed by atoms with van der Waals surface area (Å²) in [6.45, 7) is 0.100. The number of carbonyl (C=O) groups excluding carboxylic acids is 1. The number of hydrogen-bond acceptors (Lipinski definition) is 3. The summed E-state index contributed by atoms with van der Waals surface area (Å²) in [7, 11) is 0. The van der Waals surface area contributed by atoms with Crippen molar-refractivity contribution in [3.63, 3.8) is 0 Å². The summed E-state index contributed by atoms with van der Waals surface area (Å²) in [5.41, 5.74) is 3.12. The number of carboxylic acids is 1. The standard InChI is InChI=1S/C25H25NO4/c27-24(16-15-21-13-7-8-14-23(21)30-18-25(28)29)26-17-22(19-9-3-1-4-10-19)20-11-5-2-6-12-20/h1-14,22H,15-18H2,(H,26,27)(H,28,29). The number of rotatable bonds is 10. The zero-order chi connectivity index (χ0) is 21.2. The van der Waals surface area contributed by atoms with Crippen molar-refractivity contribution in [3.05, 3.63) is 102 Å². The molecule has 3 rings (SSSR count). The predicted octanol–water partition coefficient (Wildman–Crippen LogP) is 4.03. The Hall–Kier alpha value is -3.60. The second-order valence-corrected chi connectivity index (χ2v) is 6.97. The van der Waals surface area contributed by atoms with Gasteiger partial charge < -0.3 is 15.2 Å². The molecule has 0 aliphatic heterocycles. The van der Waals surface area contributed by atoms with Gasteiger partial charge in [-0.3, -0.25) is 4.79 Å². The van der Waals surface area contributed by atoms with Crippen LogP contribution in [0, 0.1) is 0 Å². The van der Waals surface area contributed by atoms with Gasteiger partial charge in [-0.2, -0.15) is 0 Å². The van der Waals surface area contributed by atoms with Gasteiger partial charge in [0.2, 0.25) is 5.91 Å². The van der Waals surface area contributed by atoms with Crippen LogP contribution in [0.4, 0.5) is 0 Å². The molecule has 5 nitrogen and oxygen atoms in total. The molecular formula is C25H25NO4. The minimum absolute atomic E-state index is 0.0556. The number of carboxylic acid groups (broad SMARTS) is 1. The molecule has 0 fully saturated rings. The van der Waals surface area contributed by atoms with Gasteiger partial charge in [0.1, 0.15) is 5.75 Å². The maximum absolute atomic E-state index is 12.5. The van der Waals surface area contributed by atoms with Crippen LogP contribution < -0.4 is 10.1 Å². The van der Waals surface area contributed by atoms with E-state index in [9.17, 15) is 9.59 Å². The number of aliphatic carboxylic acids is 1. The predicted molar refractivity (Wildman–Crippen MR) is 116 cm³/mol. The fraction of sp³-hybridized carbons (Fsp3) is 0.200. The van der Waals surface area contributed by atoms with Gasteiger partial charge in [-0.1, -0.05) is 78.9 Å². The van der Waals surface area contributed by atoms with Gasteiger partial charge in [-0.15, -0.1) is 0 Å². The Morgan fingerprint density at radius 1 is 0.833 bits per heavy atom. The van der Waals surface area contributed by atoms with E-state index in [-0.39, 0.29) is 11.8 Å². The minimum atomic E-state index is -1.03. The lowest BCUT2D eigenvalue weighted by Gasteiger charge is -2.19.